The molecule has 19 heavy (non-hydrogen) atoms. The third-order valence-corrected chi connectivity index (χ3v) is 1.99. The van der Waals surface area contributed by atoms with Crippen LogP contribution in [-0.4, -0.2) is 34.1 Å². The average molecular weight is 269 g/mol. The standard InChI is InChI=1S/C12H19N3O4/c1-6-18-10(16)8-7-9(15(5)14-8)13-11(17)19-12(2,3)4/h7H,6H2,1-5H3,(H,13,17). The van der Waals surface area contributed by atoms with Crippen LogP contribution < -0.4 is 5.32 Å². The molecule has 1 heterocycles. The van der Waals surface area contributed by atoms with Gasteiger partial charge in [0.05, 0.1) is 6.61 Å². The Labute approximate surface area is 111 Å². The number of amides is 1. The Hall–Kier alpha value is -2.05. The highest BCUT2D eigenvalue weighted by Crippen LogP contribution is 2.13. The third kappa shape index (κ3) is 4.61. The molecular formula is C12H19N3O4. The van der Waals surface area contributed by atoms with Gasteiger partial charge in [-0.2, -0.15) is 5.10 Å². The first-order chi connectivity index (χ1) is 8.73. The van der Waals surface area contributed by atoms with Crippen LogP contribution >= 0.6 is 0 Å². The molecule has 1 aromatic heterocycles. The first-order valence-corrected chi connectivity index (χ1v) is 5.94. The summed E-state index contributed by atoms with van der Waals surface area (Å²) in [6, 6.07) is 1.43. The van der Waals surface area contributed by atoms with Crippen molar-refractivity contribution in [3.05, 3.63) is 11.8 Å². The van der Waals surface area contributed by atoms with Gasteiger partial charge in [0.25, 0.3) is 0 Å². The molecule has 0 aliphatic heterocycles. The van der Waals surface area contributed by atoms with Crippen molar-refractivity contribution < 1.29 is 19.1 Å². The average Bonchev–Trinajstić information content (AvgIpc) is 2.58. The Morgan fingerprint density at radius 3 is 2.58 bits per heavy atom. The second-order valence-electron chi connectivity index (χ2n) is 4.89. The van der Waals surface area contributed by atoms with E-state index in [1.165, 1.54) is 10.7 Å². The van der Waals surface area contributed by atoms with E-state index < -0.39 is 17.7 Å². The summed E-state index contributed by atoms with van der Waals surface area (Å²) >= 11 is 0. The zero-order valence-corrected chi connectivity index (χ0v) is 11.8. The number of nitrogens with one attached hydrogen (secondary N) is 1. The number of hydrogen-bond donors (Lipinski definition) is 1. The minimum atomic E-state index is -0.606. The fraction of sp³-hybridized carbons (Fsp3) is 0.583. The minimum absolute atomic E-state index is 0.135. The number of aryl methyl sites for hydroxylation is 1. The molecule has 1 rings (SSSR count). The number of ether oxygens (including phenoxy) is 2. The van der Waals surface area contributed by atoms with E-state index in [0.717, 1.165) is 0 Å². The quantitative estimate of drug-likeness (QED) is 0.848. The summed E-state index contributed by atoms with van der Waals surface area (Å²) in [6.07, 6.45) is -0.606. The summed E-state index contributed by atoms with van der Waals surface area (Å²) in [5.74, 6) is -0.173. The third-order valence-electron chi connectivity index (χ3n) is 1.99. The number of rotatable bonds is 3. The zero-order valence-electron chi connectivity index (χ0n) is 11.8. The van der Waals surface area contributed by atoms with Crippen LogP contribution in [0.5, 0.6) is 0 Å². The van der Waals surface area contributed by atoms with Crippen LogP contribution in [0.2, 0.25) is 0 Å². The molecule has 0 saturated carbocycles. The van der Waals surface area contributed by atoms with E-state index >= 15 is 0 Å². The molecule has 0 aliphatic rings. The monoisotopic (exact) mass is 269 g/mol. The molecule has 0 atom stereocenters. The Morgan fingerprint density at radius 1 is 1.42 bits per heavy atom. The molecule has 0 bridgehead atoms. The smallest absolute Gasteiger partial charge is 0.413 e. The second kappa shape index (κ2) is 5.73. The highest BCUT2D eigenvalue weighted by atomic mass is 16.6. The van der Waals surface area contributed by atoms with Gasteiger partial charge in [0, 0.05) is 13.1 Å². The van der Waals surface area contributed by atoms with Gasteiger partial charge in [0.15, 0.2) is 5.69 Å². The Balaban J connectivity index is 2.75. The van der Waals surface area contributed by atoms with Gasteiger partial charge >= 0.3 is 12.1 Å². The second-order valence-corrected chi connectivity index (χ2v) is 4.89. The van der Waals surface area contributed by atoms with Crippen LogP contribution in [0.15, 0.2) is 6.07 Å². The summed E-state index contributed by atoms with van der Waals surface area (Å²) in [5.41, 5.74) is -0.456. The molecule has 106 valence electrons. The van der Waals surface area contributed by atoms with Crippen molar-refractivity contribution in [3.8, 4) is 0 Å². The zero-order chi connectivity index (χ0) is 14.6. The van der Waals surface area contributed by atoms with Crippen LogP contribution in [0.1, 0.15) is 38.2 Å². The summed E-state index contributed by atoms with van der Waals surface area (Å²) in [5, 5.41) is 6.47. The lowest BCUT2D eigenvalue weighted by Gasteiger charge is -2.19. The largest absolute Gasteiger partial charge is 0.461 e. The van der Waals surface area contributed by atoms with Gasteiger partial charge in [-0.15, -0.1) is 0 Å². The summed E-state index contributed by atoms with van der Waals surface area (Å²) in [6.45, 7) is 7.27. The van der Waals surface area contributed by atoms with Gasteiger partial charge in [0.2, 0.25) is 0 Å². The number of anilines is 1. The number of nitrogens with zero attached hydrogens (tertiary/aromatic N) is 2. The molecule has 1 amide bonds. The normalized spacial score (nSPS) is 11.0. The van der Waals surface area contributed by atoms with E-state index in [2.05, 4.69) is 10.4 Å². The van der Waals surface area contributed by atoms with E-state index in [1.807, 2.05) is 0 Å². The van der Waals surface area contributed by atoms with Crippen molar-refractivity contribution in [2.45, 2.75) is 33.3 Å². The lowest BCUT2D eigenvalue weighted by atomic mass is 10.2. The van der Waals surface area contributed by atoms with E-state index in [1.54, 1.807) is 34.7 Å². The Morgan fingerprint density at radius 2 is 2.05 bits per heavy atom. The predicted octanol–water partition coefficient (Wildman–Crippen LogP) is 1.94. The molecule has 7 nitrogen and oxygen atoms in total. The number of aromatic nitrogens is 2. The molecule has 1 aromatic rings. The Bertz CT molecular complexity index is 474. The molecule has 0 unspecified atom stereocenters. The highest BCUT2D eigenvalue weighted by molar-refractivity contribution is 5.90. The minimum Gasteiger partial charge on any atom is -0.461 e. The maximum atomic E-state index is 11.6. The van der Waals surface area contributed by atoms with Crippen molar-refractivity contribution in [3.63, 3.8) is 0 Å². The number of esters is 1. The maximum absolute atomic E-state index is 11.6. The number of carbonyl (C=O) groups excluding carboxylic acids is 2. The van der Waals surface area contributed by atoms with E-state index in [0.29, 0.717) is 5.82 Å². The number of carbonyl (C=O) groups is 2. The predicted molar refractivity (Wildman–Crippen MR) is 69.0 cm³/mol. The fourth-order valence-corrected chi connectivity index (χ4v) is 1.30. The van der Waals surface area contributed by atoms with Crippen LogP contribution in [0.3, 0.4) is 0 Å². The summed E-state index contributed by atoms with van der Waals surface area (Å²) in [4.78, 5) is 23.1. The molecule has 1 N–H and O–H groups in total. The van der Waals surface area contributed by atoms with Crippen molar-refractivity contribution in [1.29, 1.82) is 0 Å². The number of hydrogen-bond acceptors (Lipinski definition) is 5. The van der Waals surface area contributed by atoms with E-state index in [4.69, 9.17) is 9.47 Å². The van der Waals surface area contributed by atoms with Gasteiger partial charge < -0.3 is 9.47 Å². The molecule has 0 aromatic carbocycles. The van der Waals surface area contributed by atoms with Crippen molar-refractivity contribution in [1.82, 2.24) is 9.78 Å². The van der Waals surface area contributed by atoms with Gasteiger partial charge in [-0.3, -0.25) is 10.00 Å². The van der Waals surface area contributed by atoms with E-state index in [-0.39, 0.29) is 12.3 Å². The lowest BCUT2D eigenvalue weighted by molar-refractivity contribution is 0.0517. The fourth-order valence-electron chi connectivity index (χ4n) is 1.30. The molecule has 0 radical (unpaired) electrons. The maximum Gasteiger partial charge on any atom is 0.413 e. The van der Waals surface area contributed by atoms with Gasteiger partial charge in [0.1, 0.15) is 11.4 Å². The molecule has 0 fully saturated rings. The van der Waals surface area contributed by atoms with Crippen molar-refractivity contribution in [2.24, 2.45) is 7.05 Å². The van der Waals surface area contributed by atoms with Gasteiger partial charge in [-0.05, 0) is 27.7 Å². The first-order valence-electron chi connectivity index (χ1n) is 5.94. The van der Waals surface area contributed by atoms with Crippen molar-refractivity contribution >= 4 is 17.9 Å². The summed E-state index contributed by atoms with van der Waals surface area (Å²) in [7, 11) is 1.61. The molecule has 0 aliphatic carbocycles. The van der Waals surface area contributed by atoms with Crippen LogP contribution in [0.4, 0.5) is 10.6 Å². The van der Waals surface area contributed by atoms with E-state index in [9.17, 15) is 9.59 Å². The van der Waals surface area contributed by atoms with Crippen LogP contribution in [0, 0.1) is 0 Å². The summed E-state index contributed by atoms with van der Waals surface area (Å²) < 4.78 is 11.3. The molecule has 0 spiro atoms. The lowest BCUT2D eigenvalue weighted by Crippen LogP contribution is -2.27. The van der Waals surface area contributed by atoms with Crippen LogP contribution in [-0.2, 0) is 16.5 Å². The Kier molecular flexibility index (Phi) is 4.52. The first kappa shape index (κ1) is 15.0. The highest BCUT2D eigenvalue weighted by Gasteiger charge is 2.19. The SMILES string of the molecule is CCOC(=O)c1cc(NC(=O)OC(C)(C)C)n(C)n1. The van der Waals surface area contributed by atoms with Crippen molar-refractivity contribution in [2.75, 3.05) is 11.9 Å². The van der Waals surface area contributed by atoms with Gasteiger partial charge in [-0.1, -0.05) is 0 Å². The van der Waals surface area contributed by atoms with Gasteiger partial charge in [-0.25, -0.2) is 9.59 Å². The molecule has 0 saturated heterocycles. The molecule has 7 heteroatoms. The van der Waals surface area contributed by atoms with Crippen LogP contribution in [0.25, 0.3) is 0 Å². The topological polar surface area (TPSA) is 82.5 Å². The molecular weight excluding hydrogens is 250 g/mol.